The van der Waals surface area contributed by atoms with Gasteiger partial charge < -0.3 is 5.11 Å². The predicted octanol–water partition coefficient (Wildman–Crippen LogP) is 1.48. The Morgan fingerprint density at radius 1 is 1.18 bits per heavy atom. The number of hydrogen-bond acceptors (Lipinski definition) is 4. The maximum Gasteiger partial charge on any atom is 0.304 e. The van der Waals surface area contributed by atoms with Crippen LogP contribution in [0.5, 0.6) is 0 Å². The van der Waals surface area contributed by atoms with E-state index < -0.39 is 5.97 Å². The van der Waals surface area contributed by atoms with E-state index in [0.29, 0.717) is 11.4 Å². The second-order valence-corrected chi connectivity index (χ2v) is 3.54. The summed E-state index contributed by atoms with van der Waals surface area (Å²) in [7, 11) is 0. The van der Waals surface area contributed by atoms with Crippen molar-refractivity contribution < 1.29 is 9.90 Å². The number of nitrogens with zero attached hydrogens (tertiary/aromatic N) is 3. The largest absolute Gasteiger partial charge is 0.481 e. The van der Waals surface area contributed by atoms with E-state index in [1.165, 1.54) is 0 Å². The van der Waals surface area contributed by atoms with E-state index in [0.717, 1.165) is 0 Å². The van der Waals surface area contributed by atoms with Gasteiger partial charge in [-0.1, -0.05) is 6.07 Å². The highest BCUT2D eigenvalue weighted by molar-refractivity contribution is 5.68. The fourth-order valence-corrected chi connectivity index (χ4v) is 1.61. The molecule has 1 unspecified atom stereocenters. The smallest absolute Gasteiger partial charge is 0.304 e. The molecule has 0 saturated carbocycles. The highest BCUT2D eigenvalue weighted by Crippen LogP contribution is 2.23. The Bertz CT molecular complexity index is 448. The number of carboxylic acids is 1. The van der Waals surface area contributed by atoms with Crippen LogP contribution in [0.4, 0.5) is 0 Å². The van der Waals surface area contributed by atoms with Crippen molar-refractivity contribution >= 4 is 5.97 Å². The van der Waals surface area contributed by atoms with Crippen LogP contribution in [0.1, 0.15) is 23.7 Å². The minimum atomic E-state index is -0.883. The lowest BCUT2D eigenvalue weighted by molar-refractivity contribution is -0.137. The molecule has 2 aromatic heterocycles. The van der Waals surface area contributed by atoms with Gasteiger partial charge in [-0.15, -0.1) is 0 Å². The van der Waals surface area contributed by atoms with Gasteiger partial charge in [-0.2, -0.15) is 0 Å². The van der Waals surface area contributed by atoms with Crippen molar-refractivity contribution in [1.82, 2.24) is 15.0 Å². The molecular weight excluding hydrogens is 218 g/mol. The van der Waals surface area contributed by atoms with Gasteiger partial charge in [-0.25, -0.2) is 0 Å². The molecule has 1 N–H and O–H groups in total. The molecule has 0 aliphatic heterocycles. The fourth-order valence-electron chi connectivity index (χ4n) is 1.61. The highest BCUT2D eigenvalue weighted by Gasteiger charge is 2.20. The molecule has 86 valence electrons. The zero-order chi connectivity index (χ0) is 12.1. The lowest BCUT2D eigenvalue weighted by Gasteiger charge is -2.12. The summed E-state index contributed by atoms with van der Waals surface area (Å²) in [6.45, 7) is 0. The first-order chi connectivity index (χ1) is 8.27. The van der Waals surface area contributed by atoms with Gasteiger partial charge in [-0.05, 0) is 12.1 Å². The van der Waals surface area contributed by atoms with Crippen molar-refractivity contribution in [3.05, 3.63) is 54.4 Å². The number of rotatable bonds is 4. The van der Waals surface area contributed by atoms with Crippen molar-refractivity contribution in [3.63, 3.8) is 0 Å². The van der Waals surface area contributed by atoms with Gasteiger partial charge in [0.15, 0.2) is 0 Å². The Hall–Kier alpha value is -2.30. The van der Waals surface area contributed by atoms with E-state index in [4.69, 9.17) is 5.11 Å². The molecule has 2 rings (SSSR count). The number of carboxylic acid groups (broad SMARTS) is 1. The van der Waals surface area contributed by atoms with Crippen LogP contribution in [0.25, 0.3) is 0 Å². The van der Waals surface area contributed by atoms with Gasteiger partial charge in [0, 0.05) is 24.8 Å². The Labute approximate surface area is 98.2 Å². The summed E-state index contributed by atoms with van der Waals surface area (Å²) in [5.74, 6) is -1.24. The van der Waals surface area contributed by atoms with Crippen LogP contribution in [0.2, 0.25) is 0 Å². The summed E-state index contributed by atoms with van der Waals surface area (Å²) < 4.78 is 0. The average Bonchev–Trinajstić information content (AvgIpc) is 2.38. The van der Waals surface area contributed by atoms with Crippen LogP contribution >= 0.6 is 0 Å². The Balaban J connectivity index is 2.36. The van der Waals surface area contributed by atoms with E-state index >= 15 is 0 Å². The van der Waals surface area contributed by atoms with E-state index in [1.54, 1.807) is 36.9 Å². The van der Waals surface area contributed by atoms with Crippen LogP contribution in [0, 0.1) is 0 Å². The molecule has 0 aliphatic rings. The molecule has 0 saturated heterocycles. The summed E-state index contributed by atoms with van der Waals surface area (Å²) in [6.07, 6.45) is 6.27. The summed E-state index contributed by atoms with van der Waals surface area (Å²) in [5, 5.41) is 8.93. The quantitative estimate of drug-likeness (QED) is 0.859. The predicted molar refractivity (Wildman–Crippen MR) is 60.4 cm³/mol. The Kier molecular flexibility index (Phi) is 3.40. The SMILES string of the molecule is O=C(O)CC(c1ccccn1)c1cnccn1. The van der Waals surface area contributed by atoms with Gasteiger partial charge in [0.05, 0.1) is 23.7 Å². The highest BCUT2D eigenvalue weighted by atomic mass is 16.4. The van der Waals surface area contributed by atoms with E-state index in [2.05, 4.69) is 15.0 Å². The van der Waals surface area contributed by atoms with Gasteiger partial charge in [0.25, 0.3) is 0 Å². The second kappa shape index (κ2) is 5.16. The Morgan fingerprint density at radius 2 is 2.00 bits per heavy atom. The molecule has 2 heterocycles. The number of aromatic nitrogens is 3. The molecule has 0 amide bonds. The topological polar surface area (TPSA) is 76.0 Å². The summed E-state index contributed by atoms with van der Waals surface area (Å²) in [4.78, 5) is 23.2. The van der Waals surface area contributed by atoms with Gasteiger partial charge in [0.1, 0.15) is 0 Å². The zero-order valence-electron chi connectivity index (χ0n) is 9.02. The normalized spacial score (nSPS) is 12.0. The van der Waals surface area contributed by atoms with Crippen LogP contribution in [0.3, 0.4) is 0 Å². The van der Waals surface area contributed by atoms with Crippen LogP contribution in [-0.2, 0) is 4.79 Å². The third-order valence-electron chi connectivity index (χ3n) is 2.36. The van der Waals surface area contributed by atoms with Crippen LogP contribution in [-0.4, -0.2) is 26.0 Å². The fraction of sp³-hybridized carbons (Fsp3) is 0.167. The molecule has 1 atom stereocenters. The van der Waals surface area contributed by atoms with Crippen molar-refractivity contribution in [3.8, 4) is 0 Å². The molecule has 2 aromatic rings. The van der Waals surface area contributed by atoms with Crippen molar-refractivity contribution in [2.45, 2.75) is 12.3 Å². The van der Waals surface area contributed by atoms with Crippen LogP contribution in [0.15, 0.2) is 43.0 Å². The van der Waals surface area contributed by atoms with Gasteiger partial charge in [-0.3, -0.25) is 19.7 Å². The molecule has 5 nitrogen and oxygen atoms in total. The summed E-state index contributed by atoms with van der Waals surface area (Å²) >= 11 is 0. The molecule has 0 bridgehead atoms. The molecule has 0 aliphatic carbocycles. The lowest BCUT2D eigenvalue weighted by atomic mass is 9.97. The van der Waals surface area contributed by atoms with E-state index in [1.807, 2.05) is 6.07 Å². The molecule has 0 fully saturated rings. The first-order valence-corrected chi connectivity index (χ1v) is 5.16. The molecular formula is C12H11N3O2. The van der Waals surface area contributed by atoms with Crippen molar-refractivity contribution in [2.75, 3.05) is 0 Å². The monoisotopic (exact) mass is 229 g/mol. The number of hydrogen-bond donors (Lipinski definition) is 1. The number of pyridine rings is 1. The second-order valence-electron chi connectivity index (χ2n) is 3.54. The molecule has 5 heteroatoms. The Morgan fingerprint density at radius 3 is 2.59 bits per heavy atom. The minimum absolute atomic E-state index is 0.0459. The van der Waals surface area contributed by atoms with Gasteiger partial charge in [0.2, 0.25) is 0 Å². The molecule has 0 aromatic carbocycles. The third kappa shape index (κ3) is 2.84. The van der Waals surface area contributed by atoms with Crippen molar-refractivity contribution in [2.24, 2.45) is 0 Å². The zero-order valence-corrected chi connectivity index (χ0v) is 9.02. The number of aliphatic carboxylic acids is 1. The van der Waals surface area contributed by atoms with E-state index in [9.17, 15) is 4.79 Å². The summed E-state index contributed by atoms with van der Waals surface area (Å²) in [5.41, 5.74) is 1.31. The summed E-state index contributed by atoms with van der Waals surface area (Å²) in [6, 6.07) is 5.41. The molecule has 0 radical (unpaired) electrons. The maximum absolute atomic E-state index is 10.9. The van der Waals surface area contributed by atoms with Crippen LogP contribution < -0.4 is 0 Å². The lowest BCUT2D eigenvalue weighted by Crippen LogP contribution is -2.11. The standard InChI is InChI=1S/C12H11N3O2/c16-12(17)7-9(10-3-1-2-4-14-10)11-8-13-5-6-15-11/h1-6,8-9H,7H2,(H,16,17). The molecule has 17 heavy (non-hydrogen) atoms. The van der Waals surface area contributed by atoms with Crippen molar-refractivity contribution in [1.29, 1.82) is 0 Å². The third-order valence-corrected chi connectivity index (χ3v) is 2.36. The minimum Gasteiger partial charge on any atom is -0.481 e. The van der Waals surface area contributed by atoms with E-state index in [-0.39, 0.29) is 12.3 Å². The first kappa shape index (κ1) is 11.2. The molecule has 0 spiro atoms. The first-order valence-electron chi connectivity index (χ1n) is 5.16. The number of carbonyl (C=O) groups is 1. The van der Waals surface area contributed by atoms with Gasteiger partial charge >= 0.3 is 5.97 Å². The maximum atomic E-state index is 10.9. The average molecular weight is 229 g/mol.